The molecule has 4 N–H and O–H groups in total. The van der Waals surface area contributed by atoms with Crippen molar-refractivity contribution >= 4 is 23.5 Å². The van der Waals surface area contributed by atoms with Crippen molar-refractivity contribution in [2.45, 2.75) is 76.0 Å². The van der Waals surface area contributed by atoms with E-state index in [2.05, 4.69) is 10.6 Å². The average Bonchev–Trinajstić information content (AvgIpc) is 3.43. The SMILES string of the molecule is COCCC(=O)N[C@@H](C)C(=O)NC(Cc1ccc(OC)cc1)(C(N)=O)[C@H](CC1CCCC1)C(=O)[C@@]1(C)CO1. The van der Waals surface area contributed by atoms with Crippen molar-refractivity contribution in [2.75, 3.05) is 27.4 Å². The van der Waals surface area contributed by atoms with Crippen LogP contribution < -0.4 is 21.1 Å². The highest BCUT2D eigenvalue weighted by Crippen LogP contribution is 2.41. The predicted octanol–water partition coefficient (Wildman–Crippen LogP) is 1.67. The molecule has 1 aliphatic carbocycles. The molecule has 0 spiro atoms. The van der Waals surface area contributed by atoms with Crippen LogP contribution in [0.25, 0.3) is 0 Å². The summed E-state index contributed by atoms with van der Waals surface area (Å²) in [4.78, 5) is 53.0. The normalized spacial score (nSPS) is 22.1. The van der Waals surface area contributed by atoms with Crippen LogP contribution in [-0.4, -0.2) is 68.1 Å². The number of carbonyl (C=O) groups is 4. The molecule has 0 radical (unpaired) electrons. The molecule has 38 heavy (non-hydrogen) atoms. The first-order valence-corrected chi connectivity index (χ1v) is 13.3. The highest BCUT2D eigenvalue weighted by atomic mass is 16.6. The minimum Gasteiger partial charge on any atom is -0.497 e. The van der Waals surface area contributed by atoms with E-state index in [1.54, 1.807) is 38.3 Å². The topological polar surface area (TPSA) is 149 Å². The van der Waals surface area contributed by atoms with Gasteiger partial charge in [-0.2, -0.15) is 0 Å². The molecule has 1 aliphatic heterocycles. The summed E-state index contributed by atoms with van der Waals surface area (Å²) in [5.41, 5.74) is 4.04. The number of nitrogens with one attached hydrogen (secondary N) is 2. The number of ether oxygens (including phenoxy) is 3. The fourth-order valence-corrected chi connectivity index (χ4v) is 5.27. The van der Waals surface area contributed by atoms with Gasteiger partial charge in [-0.1, -0.05) is 37.8 Å². The summed E-state index contributed by atoms with van der Waals surface area (Å²) in [6.45, 7) is 3.69. The van der Waals surface area contributed by atoms with Crippen molar-refractivity contribution in [3.8, 4) is 5.75 Å². The Kier molecular flexibility index (Phi) is 9.89. The van der Waals surface area contributed by atoms with E-state index in [1.807, 2.05) is 0 Å². The molecule has 3 amide bonds. The van der Waals surface area contributed by atoms with Crippen LogP contribution in [-0.2, 0) is 35.1 Å². The molecule has 210 valence electrons. The summed E-state index contributed by atoms with van der Waals surface area (Å²) in [5, 5.41) is 5.49. The van der Waals surface area contributed by atoms with Gasteiger partial charge in [0.25, 0.3) is 0 Å². The second kappa shape index (κ2) is 12.7. The number of hydrogen-bond acceptors (Lipinski definition) is 7. The van der Waals surface area contributed by atoms with Crippen molar-refractivity contribution in [1.29, 1.82) is 0 Å². The van der Waals surface area contributed by atoms with Gasteiger partial charge in [0, 0.05) is 20.0 Å². The largest absolute Gasteiger partial charge is 0.497 e. The van der Waals surface area contributed by atoms with Gasteiger partial charge < -0.3 is 30.6 Å². The molecular formula is C28H41N3O7. The molecule has 4 atom stereocenters. The van der Waals surface area contributed by atoms with Gasteiger partial charge in [0.1, 0.15) is 22.9 Å². The van der Waals surface area contributed by atoms with E-state index in [0.717, 1.165) is 25.7 Å². The molecule has 10 heteroatoms. The Hall–Kier alpha value is -2.98. The summed E-state index contributed by atoms with van der Waals surface area (Å²) >= 11 is 0. The second-order valence-corrected chi connectivity index (χ2v) is 10.7. The van der Waals surface area contributed by atoms with Gasteiger partial charge in [0.2, 0.25) is 17.7 Å². The first-order valence-electron chi connectivity index (χ1n) is 13.3. The lowest BCUT2D eigenvalue weighted by Crippen LogP contribution is -2.68. The molecule has 1 saturated carbocycles. The Balaban J connectivity index is 2.00. The van der Waals surface area contributed by atoms with Crippen molar-refractivity contribution in [2.24, 2.45) is 17.6 Å². The molecule has 1 aromatic carbocycles. The Morgan fingerprint density at radius 2 is 1.79 bits per heavy atom. The van der Waals surface area contributed by atoms with Gasteiger partial charge in [0.15, 0.2) is 5.78 Å². The molecule has 10 nitrogen and oxygen atoms in total. The van der Waals surface area contributed by atoms with Gasteiger partial charge in [-0.15, -0.1) is 0 Å². The molecule has 2 aliphatic rings. The van der Waals surface area contributed by atoms with E-state index in [-0.39, 0.29) is 43.7 Å². The minimum atomic E-state index is -1.73. The minimum absolute atomic E-state index is 0.00160. The zero-order valence-corrected chi connectivity index (χ0v) is 22.8. The monoisotopic (exact) mass is 531 g/mol. The van der Waals surface area contributed by atoms with E-state index in [9.17, 15) is 19.2 Å². The standard InChI is InChI=1S/C28H41N3O7/c1-18(30-23(32)13-14-36-3)25(34)31-28(26(29)35,16-20-9-11-21(37-4)12-10-20)22(15-19-7-5-6-8-19)24(33)27(2)17-38-27/h9-12,18-19,22H,5-8,13-17H2,1-4H3,(H2,29,35)(H,30,32)(H,31,34)/t18-,22+,27+,28?/m0/s1. The van der Waals surface area contributed by atoms with Crippen molar-refractivity contribution in [1.82, 2.24) is 10.6 Å². The molecule has 0 aromatic heterocycles. The van der Waals surface area contributed by atoms with Crippen LogP contribution in [0.15, 0.2) is 24.3 Å². The molecule has 1 heterocycles. The van der Waals surface area contributed by atoms with Crippen LogP contribution in [0.2, 0.25) is 0 Å². The highest BCUT2D eigenvalue weighted by Gasteiger charge is 2.58. The van der Waals surface area contributed by atoms with Gasteiger partial charge >= 0.3 is 0 Å². The fourth-order valence-electron chi connectivity index (χ4n) is 5.27. The number of epoxide rings is 1. The molecule has 1 aromatic rings. The fraction of sp³-hybridized carbons (Fsp3) is 0.643. The van der Waals surface area contributed by atoms with Gasteiger partial charge in [-0.25, -0.2) is 0 Å². The number of carbonyl (C=O) groups excluding carboxylic acids is 4. The van der Waals surface area contributed by atoms with Crippen molar-refractivity contribution in [3.63, 3.8) is 0 Å². The van der Waals surface area contributed by atoms with E-state index in [4.69, 9.17) is 19.9 Å². The Morgan fingerprint density at radius 3 is 2.32 bits per heavy atom. The number of primary amides is 1. The number of ketones is 1. The highest BCUT2D eigenvalue weighted by molar-refractivity contribution is 6.01. The van der Waals surface area contributed by atoms with E-state index in [0.29, 0.717) is 17.7 Å². The molecule has 1 unspecified atom stereocenters. The maximum absolute atomic E-state index is 13.9. The molecular weight excluding hydrogens is 490 g/mol. The summed E-state index contributed by atoms with van der Waals surface area (Å²) in [6.07, 6.45) is 4.49. The van der Waals surface area contributed by atoms with Crippen LogP contribution in [0, 0.1) is 11.8 Å². The van der Waals surface area contributed by atoms with Crippen molar-refractivity contribution < 1.29 is 33.4 Å². The number of hydrogen-bond donors (Lipinski definition) is 3. The lowest BCUT2D eigenvalue weighted by atomic mass is 9.69. The Labute approximate surface area is 224 Å². The lowest BCUT2D eigenvalue weighted by molar-refractivity contribution is -0.142. The third-order valence-electron chi connectivity index (χ3n) is 7.79. The zero-order valence-electron chi connectivity index (χ0n) is 22.8. The third-order valence-corrected chi connectivity index (χ3v) is 7.79. The Morgan fingerprint density at radius 1 is 1.16 bits per heavy atom. The summed E-state index contributed by atoms with van der Waals surface area (Å²) in [5.74, 6) is -2.07. The van der Waals surface area contributed by atoms with Crippen LogP contribution in [0.4, 0.5) is 0 Å². The summed E-state index contributed by atoms with van der Waals surface area (Å²) in [7, 11) is 3.03. The first kappa shape index (κ1) is 29.6. The predicted molar refractivity (Wildman–Crippen MR) is 140 cm³/mol. The van der Waals surface area contributed by atoms with Gasteiger partial charge in [-0.05, 0) is 43.9 Å². The maximum atomic E-state index is 13.9. The molecule has 3 rings (SSSR count). The van der Waals surface area contributed by atoms with E-state index in [1.165, 1.54) is 14.0 Å². The molecule has 0 bridgehead atoms. The number of methoxy groups -OCH3 is 2. The van der Waals surface area contributed by atoms with Crippen LogP contribution in [0.1, 0.15) is 57.9 Å². The number of Topliss-reactive ketones (excluding diaryl/α,β-unsaturated/α-hetero) is 1. The number of amides is 3. The van der Waals surface area contributed by atoms with E-state index >= 15 is 0 Å². The molecule has 1 saturated heterocycles. The second-order valence-electron chi connectivity index (χ2n) is 10.7. The first-order chi connectivity index (χ1) is 18.0. The number of rotatable bonds is 15. The lowest BCUT2D eigenvalue weighted by Gasteiger charge is -2.40. The summed E-state index contributed by atoms with van der Waals surface area (Å²) < 4.78 is 15.7. The number of benzene rings is 1. The maximum Gasteiger partial charge on any atom is 0.244 e. The van der Waals surface area contributed by atoms with Crippen LogP contribution >= 0.6 is 0 Å². The van der Waals surface area contributed by atoms with Crippen molar-refractivity contribution in [3.05, 3.63) is 29.8 Å². The quantitative estimate of drug-likeness (QED) is 0.292. The van der Waals surface area contributed by atoms with Gasteiger partial charge in [0.05, 0.1) is 26.2 Å². The number of nitrogens with two attached hydrogens (primary N) is 1. The van der Waals surface area contributed by atoms with Gasteiger partial charge in [-0.3, -0.25) is 19.2 Å². The van der Waals surface area contributed by atoms with Crippen LogP contribution in [0.5, 0.6) is 5.75 Å². The smallest absolute Gasteiger partial charge is 0.244 e. The Bertz CT molecular complexity index is 1000. The third kappa shape index (κ3) is 7.11. The molecule has 2 fully saturated rings. The summed E-state index contributed by atoms with van der Waals surface area (Å²) in [6, 6.07) is 6.10. The average molecular weight is 532 g/mol. The van der Waals surface area contributed by atoms with E-state index < -0.39 is 34.9 Å². The zero-order chi connectivity index (χ0) is 27.9. The van der Waals surface area contributed by atoms with Crippen LogP contribution in [0.3, 0.4) is 0 Å².